The molecule has 4 aliphatic rings. The average Bonchev–Trinajstić information content (AvgIpc) is 2.98. The molecule has 0 saturated heterocycles. The minimum absolute atomic E-state index is 0.0465. The summed E-state index contributed by atoms with van der Waals surface area (Å²) in [5, 5.41) is 22.0. The van der Waals surface area contributed by atoms with E-state index in [1.807, 2.05) is 6.92 Å². The maximum absolute atomic E-state index is 12.1. The summed E-state index contributed by atoms with van der Waals surface area (Å²) in [6.07, 6.45) is 12.7. The summed E-state index contributed by atoms with van der Waals surface area (Å²) in [4.78, 5) is 12.1. The maximum Gasteiger partial charge on any atom is 0.178 e. The van der Waals surface area contributed by atoms with Crippen molar-refractivity contribution in [1.82, 2.24) is 0 Å². The van der Waals surface area contributed by atoms with E-state index in [1.165, 1.54) is 25.7 Å². The van der Waals surface area contributed by atoms with Gasteiger partial charge in [0.15, 0.2) is 11.6 Å². The summed E-state index contributed by atoms with van der Waals surface area (Å²) < 4.78 is 0. The lowest BCUT2D eigenvalue weighted by atomic mass is 9.44. The molecule has 0 spiro atoms. The fourth-order valence-electron chi connectivity index (χ4n) is 7.72. The molecule has 3 nitrogen and oxygen atoms in total. The van der Waals surface area contributed by atoms with Crippen molar-refractivity contribution < 1.29 is 15.0 Å². The van der Waals surface area contributed by atoms with Crippen LogP contribution in [-0.4, -0.2) is 21.8 Å². The van der Waals surface area contributed by atoms with Crippen LogP contribution < -0.4 is 0 Å². The van der Waals surface area contributed by atoms with Crippen molar-refractivity contribution in [2.75, 3.05) is 0 Å². The zero-order chi connectivity index (χ0) is 19.6. The van der Waals surface area contributed by atoms with E-state index in [9.17, 15) is 15.0 Å². The summed E-state index contributed by atoms with van der Waals surface area (Å²) >= 11 is 0. The van der Waals surface area contributed by atoms with Gasteiger partial charge >= 0.3 is 0 Å². The normalized spacial score (nSPS) is 46.5. The quantitative estimate of drug-likeness (QED) is 0.710. The standard InChI is InChI=1S/C24H36O3/c1-5-15-7-8-18-21-19(10-12-22(15,18)3)23(4)11-9-17(25)13-16(23)14-20(21)24(26,27)6-2/h9,11,13,15,18-21,26-27H,5-8,10,12,14H2,1-4H3/t15-,18-,19-,20?,21-,22+,23-/m0/s1. The second-order valence-corrected chi connectivity index (χ2v) is 10.2. The van der Waals surface area contributed by atoms with Gasteiger partial charge in [0.25, 0.3) is 0 Å². The lowest BCUT2D eigenvalue weighted by Crippen LogP contribution is -2.58. The van der Waals surface area contributed by atoms with Gasteiger partial charge in [-0.15, -0.1) is 0 Å². The van der Waals surface area contributed by atoms with E-state index >= 15 is 0 Å². The Hall–Kier alpha value is -0.930. The molecule has 3 fully saturated rings. The van der Waals surface area contributed by atoms with Gasteiger partial charge in [-0.3, -0.25) is 4.79 Å². The third kappa shape index (κ3) is 2.64. The van der Waals surface area contributed by atoms with Crippen LogP contribution in [0, 0.1) is 40.4 Å². The highest BCUT2D eigenvalue weighted by Crippen LogP contribution is 2.68. The molecule has 0 amide bonds. The first-order chi connectivity index (χ1) is 12.7. The van der Waals surface area contributed by atoms with Crippen LogP contribution in [-0.2, 0) is 4.79 Å². The van der Waals surface area contributed by atoms with Gasteiger partial charge in [0.2, 0.25) is 0 Å². The number of ketones is 1. The van der Waals surface area contributed by atoms with Crippen LogP contribution >= 0.6 is 0 Å². The molecule has 0 aromatic heterocycles. The highest BCUT2D eigenvalue weighted by molar-refractivity contribution is 6.01. The van der Waals surface area contributed by atoms with E-state index in [-0.39, 0.29) is 17.1 Å². The molecule has 1 unspecified atom stereocenters. The average molecular weight is 373 g/mol. The highest BCUT2D eigenvalue weighted by atomic mass is 16.5. The molecule has 3 heteroatoms. The van der Waals surface area contributed by atoms with Crippen molar-refractivity contribution in [3.63, 3.8) is 0 Å². The Morgan fingerprint density at radius 1 is 1.15 bits per heavy atom. The van der Waals surface area contributed by atoms with Gasteiger partial charge in [-0.1, -0.05) is 45.8 Å². The number of hydrogen-bond acceptors (Lipinski definition) is 3. The Morgan fingerprint density at radius 3 is 2.56 bits per heavy atom. The third-order valence-electron chi connectivity index (χ3n) is 9.41. The van der Waals surface area contributed by atoms with E-state index in [0.717, 1.165) is 17.9 Å². The number of fused-ring (bicyclic) bond motifs is 5. The van der Waals surface area contributed by atoms with Gasteiger partial charge in [0.05, 0.1) is 0 Å². The molecule has 4 rings (SSSR count). The lowest BCUT2D eigenvalue weighted by molar-refractivity contribution is -0.242. The van der Waals surface area contributed by atoms with Crippen molar-refractivity contribution in [3.8, 4) is 0 Å². The first kappa shape index (κ1) is 19.4. The Kier molecular flexibility index (Phi) is 4.51. The number of aliphatic hydroxyl groups is 2. The molecule has 150 valence electrons. The molecular weight excluding hydrogens is 336 g/mol. The van der Waals surface area contributed by atoms with Crippen LogP contribution in [0.5, 0.6) is 0 Å². The number of carbonyl (C=O) groups excluding carboxylic acids is 1. The zero-order valence-corrected chi connectivity index (χ0v) is 17.4. The summed E-state index contributed by atoms with van der Waals surface area (Å²) in [5.74, 6) is 0.238. The SMILES string of the molecule is CC[C@H]1CC[C@H]2[C@@H]3C(C(O)(O)CC)CC4=CC(=O)C=C[C@]4(C)[C@H]3CC[C@]12C. The Bertz CT molecular complexity index is 690. The van der Waals surface area contributed by atoms with Crippen LogP contribution in [0.25, 0.3) is 0 Å². The van der Waals surface area contributed by atoms with Crippen LogP contribution in [0.3, 0.4) is 0 Å². The van der Waals surface area contributed by atoms with E-state index in [4.69, 9.17) is 0 Å². The molecule has 4 aliphatic carbocycles. The van der Waals surface area contributed by atoms with Crippen molar-refractivity contribution in [2.45, 2.75) is 78.4 Å². The number of allylic oxidation sites excluding steroid dienone is 4. The second kappa shape index (κ2) is 6.29. The first-order valence-corrected chi connectivity index (χ1v) is 11.1. The highest BCUT2D eigenvalue weighted by Gasteiger charge is 2.62. The van der Waals surface area contributed by atoms with E-state index < -0.39 is 5.79 Å². The van der Waals surface area contributed by atoms with Crippen molar-refractivity contribution in [3.05, 3.63) is 23.8 Å². The monoisotopic (exact) mass is 372 g/mol. The number of hydrogen-bond donors (Lipinski definition) is 2. The third-order valence-corrected chi connectivity index (χ3v) is 9.41. The topological polar surface area (TPSA) is 57.5 Å². The lowest BCUT2D eigenvalue weighted by Gasteiger charge is -2.61. The van der Waals surface area contributed by atoms with Crippen molar-refractivity contribution >= 4 is 5.78 Å². The molecule has 0 heterocycles. The van der Waals surface area contributed by atoms with Crippen molar-refractivity contribution in [2.24, 2.45) is 40.4 Å². The van der Waals surface area contributed by atoms with Crippen LogP contribution in [0.15, 0.2) is 23.8 Å². The molecule has 0 radical (unpaired) electrons. The van der Waals surface area contributed by atoms with Gasteiger partial charge in [0, 0.05) is 11.3 Å². The Morgan fingerprint density at radius 2 is 1.89 bits per heavy atom. The molecule has 0 aromatic rings. The predicted octanol–water partition coefficient (Wildman–Crippen LogP) is 4.64. The number of rotatable bonds is 3. The molecule has 3 saturated carbocycles. The van der Waals surface area contributed by atoms with Crippen LogP contribution in [0.1, 0.15) is 72.6 Å². The largest absolute Gasteiger partial charge is 0.365 e. The molecular formula is C24H36O3. The summed E-state index contributed by atoms with van der Waals surface area (Å²) in [5.41, 5.74) is 1.34. The van der Waals surface area contributed by atoms with E-state index in [2.05, 4.69) is 26.8 Å². The van der Waals surface area contributed by atoms with Gasteiger partial charge in [-0.05, 0) is 79.8 Å². The maximum atomic E-state index is 12.1. The molecule has 0 aromatic carbocycles. The minimum Gasteiger partial charge on any atom is -0.365 e. The van der Waals surface area contributed by atoms with Crippen LogP contribution in [0.4, 0.5) is 0 Å². The molecule has 7 atom stereocenters. The molecule has 2 N–H and O–H groups in total. The minimum atomic E-state index is -1.65. The van der Waals surface area contributed by atoms with Gasteiger partial charge < -0.3 is 10.2 Å². The fraction of sp³-hybridized carbons (Fsp3) is 0.792. The summed E-state index contributed by atoms with van der Waals surface area (Å²) in [6, 6.07) is 0. The smallest absolute Gasteiger partial charge is 0.178 e. The summed E-state index contributed by atoms with van der Waals surface area (Å²) in [7, 11) is 0. The van der Waals surface area contributed by atoms with Gasteiger partial charge in [-0.25, -0.2) is 0 Å². The molecule has 0 bridgehead atoms. The molecule has 0 aliphatic heterocycles. The Labute approximate surface area is 163 Å². The van der Waals surface area contributed by atoms with Gasteiger partial charge in [-0.2, -0.15) is 0 Å². The Balaban J connectivity index is 1.81. The zero-order valence-electron chi connectivity index (χ0n) is 17.4. The second-order valence-electron chi connectivity index (χ2n) is 10.2. The van der Waals surface area contributed by atoms with Gasteiger partial charge in [0.1, 0.15) is 0 Å². The van der Waals surface area contributed by atoms with Crippen LogP contribution in [0.2, 0.25) is 0 Å². The van der Waals surface area contributed by atoms with Crippen molar-refractivity contribution in [1.29, 1.82) is 0 Å². The molecule has 27 heavy (non-hydrogen) atoms. The predicted molar refractivity (Wildman–Crippen MR) is 107 cm³/mol. The fourth-order valence-corrected chi connectivity index (χ4v) is 7.72. The van der Waals surface area contributed by atoms with E-state index in [1.54, 1.807) is 12.2 Å². The first-order valence-electron chi connectivity index (χ1n) is 11.1. The number of carbonyl (C=O) groups is 1. The summed E-state index contributed by atoms with van der Waals surface area (Å²) in [6.45, 7) is 8.94. The van der Waals surface area contributed by atoms with E-state index in [0.29, 0.717) is 36.0 Å².